The van der Waals surface area contributed by atoms with Crippen molar-refractivity contribution in [2.45, 2.75) is 6.04 Å². The van der Waals surface area contributed by atoms with Crippen molar-refractivity contribution in [2.24, 2.45) is 0 Å². The summed E-state index contributed by atoms with van der Waals surface area (Å²) in [5, 5.41) is 4.32. The zero-order chi connectivity index (χ0) is 12.5. The van der Waals surface area contributed by atoms with Gasteiger partial charge < -0.3 is 15.8 Å². The van der Waals surface area contributed by atoms with Crippen LogP contribution < -0.4 is 15.8 Å². The molecular weight excluding hydrogens is 240 g/mol. The minimum Gasteiger partial charge on any atom is -0.497 e. The quantitative estimate of drug-likeness (QED) is 0.786. The number of hydrogen-bond donors (Lipinski definition) is 2. The summed E-state index contributed by atoms with van der Waals surface area (Å²) in [6, 6.07) is 4.99. The van der Waals surface area contributed by atoms with Crippen LogP contribution in [-0.2, 0) is 9.84 Å². The summed E-state index contributed by atoms with van der Waals surface area (Å²) in [6.45, 7) is 0. The maximum atomic E-state index is 11.2. The molecule has 92 valence electrons. The second-order valence-electron chi connectivity index (χ2n) is 3.90. The lowest BCUT2D eigenvalue weighted by Crippen LogP contribution is -2.20. The summed E-state index contributed by atoms with van der Waals surface area (Å²) in [7, 11) is -1.49. The molecule has 2 rings (SSSR count). The van der Waals surface area contributed by atoms with Gasteiger partial charge in [-0.2, -0.15) is 0 Å². The molecule has 5 nitrogen and oxygen atoms in total. The first-order valence-electron chi connectivity index (χ1n) is 5.10. The summed E-state index contributed by atoms with van der Waals surface area (Å²) >= 11 is 0. The third-order valence-electron chi connectivity index (χ3n) is 2.45. The van der Waals surface area contributed by atoms with Gasteiger partial charge in [-0.05, 0) is 6.07 Å². The molecule has 0 radical (unpaired) electrons. The molecule has 0 saturated heterocycles. The Morgan fingerprint density at radius 2 is 2.18 bits per heavy atom. The van der Waals surface area contributed by atoms with Crippen molar-refractivity contribution in [3.8, 4) is 5.75 Å². The molecule has 1 heterocycles. The molecule has 1 unspecified atom stereocenters. The molecule has 1 aromatic rings. The van der Waals surface area contributed by atoms with Crippen molar-refractivity contribution in [1.29, 1.82) is 0 Å². The minimum atomic E-state index is -3.05. The van der Waals surface area contributed by atoms with Crippen LogP contribution in [0.25, 0.3) is 0 Å². The third kappa shape index (κ3) is 2.91. The number of sulfone groups is 1. The predicted octanol–water partition coefficient (Wildman–Crippen LogP) is 1.00. The molecule has 1 aliphatic heterocycles. The van der Waals surface area contributed by atoms with E-state index < -0.39 is 9.84 Å². The van der Waals surface area contributed by atoms with E-state index in [0.717, 1.165) is 5.69 Å². The standard InChI is InChI=1S/C11H14N2O3S/c1-16-11-5-8(12)4-10(6-11)13-9-2-3-17(14,15)7-9/h2-6,9,13H,7,12H2,1H3. The first kappa shape index (κ1) is 11.8. The van der Waals surface area contributed by atoms with Gasteiger partial charge in [0, 0.05) is 28.9 Å². The molecular formula is C11H14N2O3S. The molecule has 0 fully saturated rings. The number of nitrogens with two attached hydrogens (primary N) is 1. The maximum absolute atomic E-state index is 11.2. The Morgan fingerprint density at radius 1 is 1.41 bits per heavy atom. The van der Waals surface area contributed by atoms with Gasteiger partial charge in [-0.1, -0.05) is 6.08 Å². The van der Waals surface area contributed by atoms with Gasteiger partial charge >= 0.3 is 0 Å². The summed E-state index contributed by atoms with van der Waals surface area (Å²) in [5.74, 6) is 0.710. The van der Waals surface area contributed by atoms with E-state index in [1.54, 1.807) is 31.4 Å². The number of nitrogen functional groups attached to an aromatic ring is 1. The molecule has 3 N–H and O–H groups in total. The Morgan fingerprint density at radius 3 is 2.76 bits per heavy atom. The first-order valence-corrected chi connectivity index (χ1v) is 6.82. The molecule has 0 aromatic heterocycles. The van der Waals surface area contributed by atoms with Crippen molar-refractivity contribution in [3.63, 3.8) is 0 Å². The van der Waals surface area contributed by atoms with Gasteiger partial charge in [-0.25, -0.2) is 8.42 Å². The number of anilines is 2. The fourth-order valence-electron chi connectivity index (χ4n) is 1.70. The lowest BCUT2D eigenvalue weighted by atomic mass is 10.2. The highest BCUT2D eigenvalue weighted by atomic mass is 32.2. The van der Waals surface area contributed by atoms with E-state index in [1.807, 2.05) is 0 Å². The first-order chi connectivity index (χ1) is 7.98. The van der Waals surface area contributed by atoms with Crippen molar-refractivity contribution < 1.29 is 13.2 Å². The van der Waals surface area contributed by atoms with Crippen LogP contribution in [0.2, 0.25) is 0 Å². The maximum Gasteiger partial charge on any atom is 0.173 e. The average molecular weight is 254 g/mol. The number of ether oxygens (including phenoxy) is 1. The van der Waals surface area contributed by atoms with Crippen molar-refractivity contribution in [2.75, 3.05) is 23.9 Å². The fraction of sp³-hybridized carbons (Fsp3) is 0.273. The summed E-state index contributed by atoms with van der Waals surface area (Å²) in [5.41, 5.74) is 7.02. The van der Waals surface area contributed by atoms with Gasteiger partial charge in [0.25, 0.3) is 0 Å². The van der Waals surface area contributed by atoms with Gasteiger partial charge in [0.1, 0.15) is 5.75 Å². The zero-order valence-corrected chi connectivity index (χ0v) is 10.2. The van der Waals surface area contributed by atoms with Crippen LogP contribution in [0.15, 0.2) is 29.7 Å². The van der Waals surface area contributed by atoms with Gasteiger partial charge in [0.15, 0.2) is 9.84 Å². The second kappa shape index (κ2) is 4.29. The molecule has 1 aromatic carbocycles. The van der Waals surface area contributed by atoms with E-state index >= 15 is 0 Å². The summed E-state index contributed by atoms with van der Waals surface area (Å²) < 4.78 is 27.6. The van der Waals surface area contributed by atoms with Gasteiger partial charge in [0.2, 0.25) is 0 Å². The van der Waals surface area contributed by atoms with E-state index in [0.29, 0.717) is 11.4 Å². The van der Waals surface area contributed by atoms with Crippen molar-refractivity contribution >= 4 is 21.2 Å². The van der Waals surface area contributed by atoms with Crippen molar-refractivity contribution in [1.82, 2.24) is 0 Å². The Labute approximate surface area is 100 Å². The van der Waals surface area contributed by atoms with Crippen LogP contribution in [0.5, 0.6) is 5.75 Å². The molecule has 17 heavy (non-hydrogen) atoms. The zero-order valence-electron chi connectivity index (χ0n) is 9.38. The van der Waals surface area contributed by atoms with Crippen molar-refractivity contribution in [3.05, 3.63) is 29.7 Å². The van der Waals surface area contributed by atoms with Crippen LogP contribution >= 0.6 is 0 Å². The number of benzene rings is 1. The lowest BCUT2D eigenvalue weighted by Gasteiger charge is -2.13. The van der Waals surface area contributed by atoms with E-state index in [4.69, 9.17) is 10.5 Å². The van der Waals surface area contributed by atoms with E-state index in [-0.39, 0.29) is 11.8 Å². The molecule has 1 aliphatic rings. The Hall–Kier alpha value is -1.69. The summed E-state index contributed by atoms with van der Waals surface area (Å²) in [6.07, 6.45) is 1.63. The molecule has 0 amide bonds. The van der Waals surface area contributed by atoms with Crippen LogP contribution in [0.3, 0.4) is 0 Å². The van der Waals surface area contributed by atoms with Gasteiger partial charge in [-0.15, -0.1) is 0 Å². The predicted molar refractivity (Wildman–Crippen MR) is 67.7 cm³/mol. The number of methoxy groups -OCH3 is 1. The second-order valence-corrected chi connectivity index (χ2v) is 5.83. The Kier molecular flexibility index (Phi) is 2.97. The number of hydrogen-bond acceptors (Lipinski definition) is 5. The topological polar surface area (TPSA) is 81.4 Å². The van der Waals surface area contributed by atoms with E-state index in [1.165, 1.54) is 5.41 Å². The Balaban J connectivity index is 2.15. The molecule has 1 atom stereocenters. The third-order valence-corrected chi connectivity index (χ3v) is 3.84. The normalized spacial score (nSPS) is 21.4. The monoisotopic (exact) mass is 254 g/mol. The van der Waals surface area contributed by atoms with Crippen LogP contribution in [0, 0.1) is 0 Å². The van der Waals surface area contributed by atoms with Crippen LogP contribution in [0.1, 0.15) is 0 Å². The van der Waals surface area contributed by atoms with E-state index in [9.17, 15) is 8.42 Å². The molecule has 0 spiro atoms. The molecule has 6 heteroatoms. The van der Waals surface area contributed by atoms with Gasteiger partial charge in [0.05, 0.1) is 18.9 Å². The number of rotatable bonds is 3. The molecule has 0 bridgehead atoms. The minimum absolute atomic E-state index is 0.0735. The van der Waals surface area contributed by atoms with Crippen LogP contribution in [-0.4, -0.2) is 27.3 Å². The fourth-order valence-corrected chi connectivity index (χ4v) is 2.94. The smallest absolute Gasteiger partial charge is 0.173 e. The highest BCUT2D eigenvalue weighted by molar-refractivity contribution is 7.94. The average Bonchev–Trinajstić information content (AvgIpc) is 2.57. The summed E-state index contributed by atoms with van der Waals surface area (Å²) in [4.78, 5) is 0. The highest BCUT2D eigenvalue weighted by Gasteiger charge is 2.21. The molecule has 0 saturated carbocycles. The van der Waals surface area contributed by atoms with Gasteiger partial charge in [-0.3, -0.25) is 0 Å². The Bertz CT molecular complexity index is 552. The largest absolute Gasteiger partial charge is 0.497 e. The number of nitrogens with one attached hydrogen (secondary N) is 1. The van der Waals surface area contributed by atoms with Crippen LogP contribution in [0.4, 0.5) is 11.4 Å². The van der Waals surface area contributed by atoms with E-state index in [2.05, 4.69) is 5.32 Å². The SMILES string of the molecule is COc1cc(N)cc(NC2C=CS(=O)(=O)C2)c1. The highest BCUT2D eigenvalue weighted by Crippen LogP contribution is 2.24. The molecule has 0 aliphatic carbocycles. The lowest BCUT2D eigenvalue weighted by molar-refractivity contribution is 0.415.